The number of nitrogens with zero attached hydrogens (tertiary/aromatic N) is 1. The average Bonchev–Trinajstić information content (AvgIpc) is 2.84. The van der Waals surface area contributed by atoms with Crippen molar-refractivity contribution in [3.05, 3.63) is 28.8 Å². The number of fused-ring (bicyclic) bond motifs is 1. The first kappa shape index (κ1) is 10.2. The average molecular weight is 232 g/mol. The largest absolute Gasteiger partial charge is 0.327 e. The maximum Gasteiger partial charge on any atom is 0.0985 e. The fourth-order valence-corrected chi connectivity index (χ4v) is 3.81. The fraction of sp³-hybridized carbons (Fsp3) is 0.462. The van der Waals surface area contributed by atoms with Gasteiger partial charge in [-0.05, 0) is 31.4 Å². The highest BCUT2D eigenvalue weighted by molar-refractivity contribution is 7.18. The topological polar surface area (TPSA) is 38.9 Å². The van der Waals surface area contributed by atoms with Crippen LogP contribution < -0.4 is 5.73 Å². The van der Waals surface area contributed by atoms with Gasteiger partial charge in [-0.15, -0.1) is 11.3 Å². The molecule has 2 unspecified atom stereocenters. The molecule has 1 aliphatic carbocycles. The summed E-state index contributed by atoms with van der Waals surface area (Å²) < 4.78 is 1.30. The number of aromatic nitrogens is 1. The van der Waals surface area contributed by atoms with Crippen molar-refractivity contribution in [2.75, 3.05) is 0 Å². The highest BCUT2D eigenvalue weighted by atomic mass is 32.1. The molecule has 2 atom stereocenters. The summed E-state index contributed by atoms with van der Waals surface area (Å²) in [5, 5.41) is 1.24. The van der Waals surface area contributed by atoms with E-state index in [-0.39, 0.29) is 0 Å². The van der Waals surface area contributed by atoms with Crippen LogP contribution in [0, 0.1) is 6.92 Å². The summed E-state index contributed by atoms with van der Waals surface area (Å²) >= 11 is 1.82. The Labute approximate surface area is 99.5 Å². The molecule has 3 rings (SSSR count). The van der Waals surface area contributed by atoms with Gasteiger partial charge in [0, 0.05) is 12.0 Å². The molecule has 2 nitrogen and oxygen atoms in total. The quantitative estimate of drug-likeness (QED) is 0.820. The Balaban J connectivity index is 2.08. The minimum Gasteiger partial charge on any atom is -0.327 e. The molecule has 0 spiro atoms. The highest BCUT2D eigenvalue weighted by Crippen LogP contribution is 2.37. The van der Waals surface area contributed by atoms with E-state index in [1.165, 1.54) is 33.6 Å². The second-order valence-corrected chi connectivity index (χ2v) is 5.74. The van der Waals surface area contributed by atoms with Gasteiger partial charge in [-0.2, -0.15) is 0 Å². The molecule has 1 saturated carbocycles. The Morgan fingerprint density at radius 1 is 1.38 bits per heavy atom. The molecule has 16 heavy (non-hydrogen) atoms. The Hall–Kier alpha value is -0.930. The summed E-state index contributed by atoms with van der Waals surface area (Å²) in [5.74, 6) is 0.497. The highest BCUT2D eigenvalue weighted by Gasteiger charge is 2.28. The number of hydrogen-bond acceptors (Lipinski definition) is 3. The van der Waals surface area contributed by atoms with Crippen LogP contribution in [0.2, 0.25) is 0 Å². The third-order valence-corrected chi connectivity index (χ3v) is 4.68. The van der Waals surface area contributed by atoms with Crippen molar-refractivity contribution in [3.8, 4) is 0 Å². The maximum atomic E-state index is 6.14. The molecule has 1 aromatic heterocycles. The third kappa shape index (κ3) is 1.55. The zero-order valence-electron chi connectivity index (χ0n) is 9.44. The van der Waals surface area contributed by atoms with E-state index in [0.29, 0.717) is 12.0 Å². The summed E-state index contributed by atoms with van der Waals surface area (Å²) in [6.45, 7) is 2.13. The Morgan fingerprint density at radius 3 is 2.94 bits per heavy atom. The molecule has 0 radical (unpaired) electrons. The molecule has 0 amide bonds. The van der Waals surface area contributed by atoms with Crippen LogP contribution in [0.5, 0.6) is 0 Å². The van der Waals surface area contributed by atoms with Crippen LogP contribution in [0.3, 0.4) is 0 Å². The van der Waals surface area contributed by atoms with Crippen molar-refractivity contribution in [2.24, 2.45) is 5.73 Å². The number of nitrogens with two attached hydrogens (primary N) is 1. The number of rotatable bonds is 1. The van der Waals surface area contributed by atoms with Crippen molar-refractivity contribution in [1.82, 2.24) is 4.98 Å². The molecule has 1 heterocycles. The summed E-state index contributed by atoms with van der Waals surface area (Å²) in [7, 11) is 0. The van der Waals surface area contributed by atoms with Crippen LogP contribution in [0.15, 0.2) is 18.2 Å². The van der Waals surface area contributed by atoms with Crippen molar-refractivity contribution < 1.29 is 0 Å². The SMILES string of the molecule is Cc1cccc2sc(C3CCCC3N)nc12. The molecule has 0 saturated heterocycles. The number of aryl methyl sites for hydroxylation is 1. The van der Waals surface area contributed by atoms with E-state index in [2.05, 4.69) is 25.1 Å². The Bertz CT molecular complexity index is 518. The van der Waals surface area contributed by atoms with Gasteiger partial charge in [0.2, 0.25) is 0 Å². The number of para-hydroxylation sites is 1. The zero-order valence-corrected chi connectivity index (χ0v) is 10.3. The maximum absolute atomic E-state index is 6.14. The van der Waals surface area contributed by atoms with E-state index in [1.807, 2.05) is 11.3 Å². The summed E-state index contributed by atoms with van der Waals surface area (Å²) in [6.07, 6.45) is 3.61. The van der Waals surface area contributed by atoms with Gasteiger partial charge in [0.1, 0.15) is 0 Å². The molecular formula is C13H16N2S. The standard InChI is InChI=1S/C13H16N2S/c1-8-4-2-7-11-12(8)15-13(16-11)9-5-3-6-10(9)14/h2,4,7,9-10H,3,5-6,14H2,1H3. The van der Waals surface area contributed by atoms with Gasteiger partial charge >= 0.3 is 0 Å². The molecular weight excluding hydrogens is 216 g/mol. The monoisotopic (exact) mass is 232 g/mol. The first-order valence-electron chi connectivity index (χ1n) is 5.87. The van der Waals surface area contributed by atoms with Gasteiger partial charge in [-0.3, -0.25) is 0 Å². The number of thiazole rings is 1. The molecule has 0 bridgehead atoms. The predicted octanol–water partition coefficient (Wildman–Crippen LogP) is 3.20. The number of hydrogen-bond donors (Lipinski definition) is 1. The fourth-order valence-electron chi connectivity index (χ4n) is 2.56. The minimum atomic E-state index is 0.320. The summed E-state index contributed by atoms with van der Waals surface area (Å²) in [6, 6.07) is 6.71. The van der Waals surface area contributed by atoms with Gasteiger partial charge in [0.15, 0.2) is 0 Å². The van der Waals surface area contributed by atoms with Crippen molar-refractivity contribution in [1.29, 1.82) is 0 Å². The summed E-state index contributed by atoms with van der Waals surface area (Å²) in [5.41, 5.74) is 8.58. The first-order valence-corrected chi connectivity index (χ1v) is 6.69. The minimum absolute atomic E-state index is 0.320. The van der Waals surface area contributed by atoms with Gasteiger partial charge in [-0.25, -0.2) is 4.98 Å². The van der Waals surface area contributed by atoms with E-state index in [1.54, 1.807) is 0 Å². The molecule has 3 heteroatoms. The van der Waals surface area contributed by atoms with Crippen molar-refractivity contribution >= 4 is 21.6 Å². The van der Waals surface area contributed by atoms with E-state index in [0.717, 1.165) is 6.42 Å². The number of benzene rings is 1. The normalized spacial score (nSPS) is 25.4. The zero-order chi connectivity index (χ0) is 11.1. The van der Waals surface area contributed by atoms with E-state index in [9.17, 15) is 0 Å². The third-order valence-electron chi connectivity index (χ3n) is 3.52. The molecule has 1 aliphatic rings. The second kappa shape index (κ2) is 3.82. The van der Waals surface area contributed by atoms with Gasteiger partial charge < -0.3 is 5.73 Å². The lowest BCUT2D eigenvalue weighted by Crippen LogP contribution is -2.22. The van der Waals surface area contributed by atoms with Crippen LogP contribution in [0.25, 0.3) is 10.2 Å². The molecule has 1 fully saturated rings. The van der Waals surface area contributed by atoms with Gasteiger partial charge in [0.05, 0.1) is 15.2 Å². The van der Waals surface area contributed by atoms with Gasteiger partial charge in [0.25, 0.3) is 0 Å². The molecule has 1 aromatic carbocycles. The van der Waals surface area contributed by atoms with Crippen LogP contribution >= 0.6 is 11.3 Å². The molecule has 2 aromatic rings. The van der Waals surface area contributed by atoms with Crippen LogP contribution in [-0.4, -0.2) is 11.0 Å². The molecule has 84 valence electrons. The first-order chi connectivity index (χ1) is 7.75. The Morgan fingerprint density at radius 2 is 2.25 bits per heavy atom. The molecule has 0 aliphatic heterocycles. The lowest BCUT2D eigenvalue weighted by atomic mass is 10.1. The van der Waals surface area contributed by atoms with E-state index >= 15 is 0 Å². The van der Waals surface area contributed by atoms with E-state index in [4.69, 9.17) is 10.7 Å². The second-order valence-electron chi connectivity index (χ2n) is 4.68. The lowest BCUT2D eigenvalue weighted by Gasteiger charge is -2.10. The Kier molecular flexibility index (Phi) is 2.45. The van der Waals surface area contributed by atoms with E-state index < -0.39 is 0 Å². The lowest BCUT2D eigenvalue weighted by molar-refractivity contribution is 0.611. The van der Waals surface area contributed by atoms with Gasteiger partial charge in [-0.1, -0.05) is 18.6 Å². The van der Waals surface area contributed by atoms with Crippen LogP contribution in [0.1, 0.15) is 35.8 Å². The molecule has 2 N–H and O–H groups in total. The van der Waals surface area contributed by atoms with Crippen LogP contribution in [0.4, 0.5) is 0 Å². The smallest absolute Gasteiger partial charge is 0.0985 e. The summed E-state index contributed by atoms with van der Waals surface area (Å²) in [4.78, 5) is 4.78. The van der Waals surface area contributed by atoms with Crippen LogP contribution in [-0.2, 0) is 0 Å². The van der Waals surface area contributed by atoms with Crippen molar-refractivity contribution in [2.45, 2.75) is 38.1 Å². The van der Waals surface area contributed by atoms with Crippen molar-refractivity contribution in [3.63, 3.8) is 0 Å². The predicted molar refractivity (Wildman–Crippen MR) is 68.9 cm³/mol.